The van der Waals surface area contributed by atoms with Crippen LogP contribution in [-0.4, -0.2) is 53.6 Å². The number of carbonyl (C=O) groups excluding carboxylic acids is 2. The van der Waals surface area contributed by atoms with Gasteiger partial charge < -0.3 is 30.3 Å². The zero-order valence-corrected chi connectivity index (χ0v) is 17.5. The van der Waals surface area contributed by atoms with Gasteiger partial charge in [-0.05, 0) is 57.4 Å². The largest absolute Gasteiger partial charge is 0.394 e. The van der Waals surface area contributed by atoms with E-state index in [0.717, 1.165) is 0 Å². The number of rotatable bonds is 7. The summed E-state index contributed by atoms with van der Waals surface area (Å²) in [5, 5.41) is 21.8. The summed E-state index contributed by atoms with van der Waals surface area (Å²) in [6, 6.07) is 4.54. The lowest BCUT2D eigenvalue weighted by Gasteiger charge is -2.36. The van der Waals surface area contributed by atoms with Crippen LogP contribution in [-0.2, 0) is 4.74 Å². The van der Waals surface area contributed by atoms with Gasteiger partial charge in [0.15, 0.2) is 5.76 Å². The molecule has 168 valence electrons. The Kier molecular flexibility index (Phi) is 7.59. The summed E-state index contributed by atoms with van der Waals surface area (Å²) in [4.78, 5) is 24.4. The summed E-state index contributed by atoms with van der Waals surface area (Å²) in [6.07, 6.45) is 1.13. The topological polar surface area (TPSA) is 126 Å². The van der Waals surface area contributed by atoms with Gasteiger partial charge in [0.25, 0.3) is 5.91 Å². The highest BCUT2D eigenvalue weighted by molar-refractivity contribution is 5.94. The fraction of sp³-hybridized carbons (Fsp3) is 0.476. The minimum absolute atomic E-state index is 0.157. The number of ether oxygens (including phenoxy) is 1. The van der Waals surface area contributed by atoms with E-state index in [1.807, 2.05) is 0 Å². The molecule has 3 amide bonds. The van der Waals surface area contributed by atoms with Gasteiger partial charge in [-0.15, -0.1) is 0 Å². The Morgan fingerprint density at radius 1 is 1.23 bits per heavy atom. The highest BCUT2D eigenvalue weighted by Crippen LogP contribution is 2.22. The third-order valence-electron chi connectivity index (χ3n) is 5.24. The Morgan fingerprint density at radius 3 is 2.61 bits per heavy atom. The van der Waals surface area contributed by atoms with E-state index in [0.29, 0.717) is 48.5 Å². The van der Waals surface area contributed by atoms with Gasteiger partial charge in [0, 0.05) is 12.1 Å². The van der Waals surface area contributed by atoms with Gasteiger partial charge in [-0.3, -0.25) is 4.79 Å². The van der Waals surface area contributed by atoms with E-state index in [1.165, 1.54) is 24.3 Å². The van der Waals surface area contributed by atoms with Crippen LogP contribution in [0.25, 0.3) is 0 Å². The molecule has 9 nitrogen and oxygen atoms in total. The molecule has 3 atom stereocenters. The van der Waals surface area contributed by atoms with E-state index < -0.39 is 11.9 Å². The lowest BCUT2D eigenvalue weighted by molar-refractivity contribution is -0.0892. The number of amides is 3. The number of carbonyl (C=O) groups is 2. The molecule has 0 saturated carbocycles. The average molecular weight is 434 g/mol. The van der Waals surface area contributed by atoms with Crippen LogP contribution in [0.2, 0.25) is 0 Å². The zero-order chi connectivity index (χ0) is 22.4. The number of nitrogens with zero attached hydrogens (tertiary/aromatic N) is 1. The molecule has 1 aromatic heterocycles. The highest BCUT2D eigenvalue weighted by atomic mass is 19.1. The third-order valence-corrected chi connectivity index (χ3v) is 5.24. The van der Waals surface area contributed by atoms with Crippen LogP contribution in [0, 0.1) is 19.7 Å². The number of nitrogens with one attached hydrogen (secondary N) is 3. The smallest absolute Gasteiger partial charge is 0.319 e. The first-order valence-electron chi connectivity index (χ1n) is 10.2. The van der Waals surface area contributed by atoms with Gasteiger partial charge in [-0.2, -0.15) is 0 Å². The van der Waals surface area contributed by atoms with Crippen molar-refractivity contribution in [3.05, 3.63) is 47.1 Å². The number of aromatic nitrogens is 1. The summed E-state index contributed by atoms with van der Waals surface area (Å²) in [6.45, 7) is 3.59. The van der Waals surface area contributed by atoms with Gasteiger partial charge in [0.2, 0.25) is 0 Å². The van der Waals surface area contributed by atoms with Crippen molar-refractivity contribution in [1.29, 1.82) is 0 Å². The number of aliphatic hydroxyl groups is 1. The molecule has 1 aliphatic rings. The zero-order valence-electron chi connectivity index (χ0n) is 17.5. The van der Waals surface area contributed by atoms with Crippen LogP contribution in [0.15, 0.2) is 28.8 Å². The molecule has 31 heavy (non-hydrogen) atoms. The molecule has 1 aliphatic heterocycles. The lowest BCUT2D eigenvalue weighted by Crippen LogP contribution is -2.51. The Hall–Kier alpha value is -2.98. The molecule has 4 N–H and O–H groups in total. The van der Waals surface area contributed by atoms with Gasteiger partial charge in [-0.1, -0.05) is 5.16 Å². The minimum atomic E-state index is -0.556. The van der Waals surface area contributed by atoms with Crippen molar-refractivity contribution < 1.29 is 28.3 Å². The monoisotopic (exact) mass is 434 g/mol. The standard InChI is InChI=1S/C21H27FN4O5/c1-12-19(13(2)31-26-12)25-21(29)23-10-9-16-7-8-17(18(11-27)30-16)24-20(28)14-3-5-15(22)6-4-14/h3-6,16-18,27H,7-11H2,1-2H3,(H,24,28)(H2,23,25,29)/t16-,17-,18+/m0/s1. The molecular weight excluding hydrogens is 407 g/mol. The second kappa shape index (κ2) is 10.4. The first kappa shape index (κ1) is 22.7. The SMILES string of the molecule is Cc1noc(C)c1NC(=O)NCC[C@@H]1CC[C@H](NC(=O)c2ccc(F)cc2)[C@@H](CO)O1. The average Bonchev–Trinajstić information content (AvgIpc) is 3.07. The minimum Gasteiger partial charge on any atom is -0.394 e. The number of urea groups is 1. The molecular formula is C21H27FN4O5. The second-order valence-corrected chi connectivity index (χ2v) is 7.51. The van der Waals surface area contributed by atoms with E-state index >= 15 is 0 Å². The summed E-state index contributed by atoms with van der Waals surface area (Å²) >= 11 is 0. The van der Waals surface area contributed by atoms with Crippen LogP contribution in [0.1, 0.15) is 41.1 Å². The van der Waals surface area contributed by atoms with Crippen molar-refractivity contribution in [2.75, 3.05) is 18.5 Å². The molecule has 0 radical (unpaired) electrons. The lowest BCUT2D eigenvalue weighted by atomic mass is 9.96. The normalized spacial score (nSPS) is 20.8. The summed E-state index contributed by atoms with van der Waals surface area (Å²) in [7, 11) is 0. The van der Waals surface area contributed by atoms with E-state index in [-0.39, 0.29) is 30.7 Å². The first-order chi connectivity index (χ1) is 14.9. The van der Waals surface area contributed by atoms with Crippen molar-refractivity contribution in [1.82, 2.24) is 15.8 Å². The summed E-state index contributed by atoms with van der Waals surface area (Å²) in [5.41, 5.74) is 1.49. The van der Waals surface area contributed by atoms with E-state index in [1.54, 1.807) is 13.8 Å². The van der Waals surface area contributed by atoms with Gasteiger partial charge in [0.1, 0.15) is 23.3 Å². The maximum Gasteiger partial charge on any atom is 0.319 e. The molecule has 1 aromatic carbocycles. The molecule has 10 heteroatoms. The maximum atomic E-state index is 13.0. The Bertz CT molecular complexity index is 882. The molecule has 0 spiro atoms. The summed E-state index contributed by atoms with van der Waals surface area (Å²) in [5.74, 6) is -0.228. The number of hydrogen-bond acceptors (Lipinski definition) is 6. The number of aryl methyl sites for hydroxylation is 2. The van der Waals surface area contributed by atoms with Crippen LogP contribution in [0.5, 0.6) is 0 Å². The van der Waals surface area contributed by atoms with Crippen LogP contribution < -0.4 is 16.0 Å². The molecule has 1 saturated heterocycles. The van der Waals surface area contributed by atoms with Crippen molar-refractivity contribution in [2.45, 2.75) is 51.4 Å². The Balaban J connectivity index is 1.43. The van der Waals surface area contributed by atoms with Crippen molar-refractivity contribution in [3.8, 4) is 0 Å². The van der Waals surface area contributed by atoms with E-state index in [9.17, 15) is 19.1 Å². The Morgan fingerprint density at radius 2 is 1.97 bits per heavy atom. The number of benzene rings is 1. The van der Waals surface area contributed by atoms with E-state index in [4.69, 9.17) is 9.26 Å². The van der Waals surface area contributed by atoms with Crippen molar-refractivity contribution in [3.63, 3.8) is 0 Å². The quantitative estimate of drug-likeness (QED) is 0.530. The van der Waals surface area contributed by atoms with Crippen molar-refractivity contribution >= 4 is 17.6 Å². The number of anilines is 1. The molecule has 0 unspecified atom stereocenters. The predicted octanol–water partition coefficient (Wildman–Crippen LogP) is 2.28. The van der Waals surface area contributed by atoms with Crippen LogP contribution in [0.3, 0.4) is 0 Å². The van der Waals surface area contributed by atoms with Crippen molar-refractivity contribution in [2.24, 2.45) is 0 Å². The predicted molar refractivity (Wildman–Crippen MR) is 110 cm³/mol. The number of halogens is 1. The molecule has 1 fully saturated rings. The maximum absolute atomic E-state index is 13.0. The summed E-state index contributed by atoms with van der Waals surface area (Å²) < 4.78 is 23.9. The third kappa shape index (κ3) is 6.02. The highest BCUT2D eigenvalue weighted by Gasteiger charge is 2.32. The molecule has 2 heterocycles. The first-order valence-corrected chi connectivity index (χ1v) is 10.2. The van der Waals surface area contributed by atoms with E-state index in [2.05, 4.69) is 21.1 Å². The molecule has 2 aromatic rings. The van der Waals surface area contributed by atoms with Gasteiger partial charge in [0.05, 0.1) is 18.8 Å². The molecule has 0 aliphatic carbocycles. The fourth-order valence-corrected chi connectivity index (χ4v) is 3.53. The molecule has 0 bridgehead atoms. The van der Waals surface area contributed by atoms with Gasteiger partial charge >= 0.3 is 6.03 Å². The second-order valence-electron chi connectivity index (χ2n) is 7.51. The van der Waals surface area contributed by atoms with Gasteiger partial charge in [-0.25, -0.2) is 9.18 Å². The number of aliphatic hydroxyl groups excluding tert-OH is 1. The van der Waals surface area contributed by atoms with Crippen LogP contribution >= 0.6 is 0 Å². The Labute approximate surface area is 179 Å². The van der Waals surface area contributed by atoms with Crippen LogP contribution in [0.4, 0.5) is 14.9 Å². The molecule has 3 rings (SSSR count). The fourth-order valence-electron chi connectivity index (χ4n) is 3.53. The number of hydrogen-bond donors (Lipinski definition) is 4.